The van der Waals surface area contributed by atoms with Crippen LogP contribution < -0.4 is 29.3 Å². The highest BCUT2D eigenvalue weighted by atomic mass is 127. The summed E-state index contributed by atoms with van der Waals surface area (Å²) in [5.74, 6) is 0. The molecule has 6 rings (SSSR count). The highest BCUT2D eigenvalue weighted by Gasteiger charge is 2.28. The van der Waals surface area contributed by atoms with Gasteiger partial charge in [0.05, 0.1) is 10.9 Å². The van der Waals surface area contributed by atoms with Gasteiger partial charge in [-0.25, -0.2) is 0 Å². The van der Waals surface area contributed by atoms with Gasteiger partial charge in [0.25, 0.3) is 0 Å². The minimum absolute atomic E-state index is 0. The summed E-state index contributed by atoms with van der Waals surface area (Å²) in [6, 6.07) is 26.5. The second kappa shape index (κ2) is 8.21. The van der Waals surface area contributed by atoms with Crippen molar-refractivity contribution in [1.29, 1.82) is 0 Å². The molecule has 0 radical (unpaired) electrons. The van der Waals surface area contributed by atoms with Crippen LogP contribution in [0.15, 0.2) is 84.9 Å². The van der Waals surface area contributed by atoms with Gasteiger partial charge in [-0.1, -0.05) is 60.7 Å². The molecule has 2 nitrogen and oxygen atoms in total. The molecule has 1 aliphatic rings. The zero-order valence-electron chi connectivity index (χ0n) is 18.3. The average Bonchev–Trinajstić information content (AvgIpc) is 3.29. The second-order valence-corrected chi connectivity index (χ2v) is 8.15. The van der Waals surface area contributed by atoms with E-state index >= 15 is 0 Å². The SMILES string of the molecule is CCn1/c(=C/C=C/C2=[N+](CC)c3cccc4cccc2c34)c2cccc3cccc1c32.[I-]. The normalized spacial score (nSPS) is 13.9. The van der Waals surface area contributed by atoms with Gasteiger partial charge in [-0.05, 0) is 42.8 Å². The topological polar surface area (TPSA) is 7.94 Å². The van der Waals surface area contributed by atoms with Crippen LogP contribution in [-0.2, 0) is 6.54 Å². The Hall–Kier alpha value is -2.92. The van der Waals surface area contributed by atoms with Crippen molar-refractivity contribution in [2.45, 2.75) is 20.4 Å². The Balaban J connectivity index is 0.00000216. The number of aromatic nitrogens is 1. The number of hydrogen-bond acceptors (Lipinski definition) is 0. The van der Waals surface area contributed by atoms with Crippen LogP contribution in [0.3, 0.4) is 0 Å². The number of aryl methyl sites for hydroxylation is 1. The van der Waals surface area contributed by atoms with Gasteiger partial charge in [0.1, 0.15) is 6.54 Å². The lowest BCUT2D eigenvalue weighted by molar-refractivity contribution is -0.430. The maximum atomic E-state index is 2.42. The van der Waals surface area contributed by atoms with Crippen molar-refractivity contribution in [3.63, 3.8) is 0 Å². The molecule has 1 aliphatic heterocycles. The Bertz CT molecular complexity index is 1590. The van der Waals surface area contributed by atoms with Gasteiger partial charge in [-0.2, -0.15) is 4.58 Å². The third kappa shape index (κ3) is 2.95. The van der Waals surface area contributed by atoms with E-state index in [9.17, 15) is 0 Å². The lowest BCUT2D eigenvalue weighted by atomic mass is 10.0. The molecular weight excluding hydrogens is 503 g/mol. The molecule has 0 aliphatic carbocycles. The monoisotopic (exact) mass is 528 g/mol. The van der Waals surface area contributed by atoms with E-state index in [2.05, 4.69) is 114 Å². The first kappa shape index (κ1) is 21.0. The third-order valence-electron chi connectivity index (χ3n) is 6.62. The van der Waals surface area contributed by atoms with Crippen LogP contribution in [0.25, 0.3) is 38.5 Å². The number of hydrogen-bond donors (Lipinski definition) is 0. The molecule has 0 N–H and O–H groups in total. The molecule has 0 spiro atoms. The van der Waals surface area contributed by atoms with Crippen LogP contribution >= 0.6 is 0 Å². The summed E-state index contributed by atoms with van der Waals surface area (Å²) in [6.07, 6.45) is 6.79. The minimum atomic E-state index is 0. The van der Waals surface area contributed by atoms with E-state index in [1.807, 2.05) is 0 Å². The van der Waals surface area contributed by atoms with Crippen LogP contribution in [-0.4, -0.2) is 21.4 Å². The summed E-state index contributed by atoms with van der Waals surface area (Å²) in [5, 5.41) is 7.96. The maximum absolute atomic E-state index is 2.42. The van der Waals surface area contributed by atoms with Crippen LogP contribution in [0.2, 0.25) is 0 Å². The molecule has 5 aromatic rings. The van der Waals surface area contributed by atoms with Crippen molar-refractivity contribution in [2.75, 3.05) is 6.54 Å². The van der Waals surface area contributed by atoms with E-state index in [1.165, 1.54) is 54.8 Å². The fourth-order valence-corrected chi connectivity index (χ4v) is 5.34. The predicted molar refractivity (Wildman–Crippen MR) is 132 cm³/mol. The van der Waals surface area contributed by atoms with Gasteiger partial charge in [0.2, 0.25) is 11.4 Å². The van der Waals surface area contributed by atoms with Crippen molar-refractivity contribution in [3.05, 3.63) is 95.9 Å². The second-order valence-electron chi connectivity index (χ2n) is 8.15. The Morgan fingerprint density at radius 3 is 2.25 bits per heavy atom. The molecule has 0 amide bonds. The Morgan fingerprint density at radius 2 is 1.50 bits per heavy atom. The Kier molecular flexibility index (Phi) is 5.38. The Morgan fingerprint density at radius 1 is 0.812 bits per heavy atom. The highest BCUT2D eigenvalue weighted by Crippen LogP contribution is 2.35. The fraction of sp³-hybridized carbons (Fsp3) is 0.138. The largest absolute Gasteiger partial charge is 1.00 e. The molecule has 1 aromatic heterocycles. The number of allylic oxidation sites excluding steroid dienone is 2. The molecule has 0 atom stereocenters. The van der Waals surface area contributed by atoms with Crippen LogP contribution in [0.1, 0.15) is 19.4 Å². The zero-order valence-corrected chi connectivity index (χ0v) is 20.5. The summed E-state index contributed by atoms with van der Waals surface area (Å²) in [5.41, 5.74) is 5.24. The molecule has 32 heavy (non-hydrogen) atoms. The molecule has 0 saturated carbocycles. The van der Waals surface area contributed by atoms with Gasteiger partial charge in [0, 0.05) is 40.3 Å². The van der Waals surface area contributed by atoms with Crippen molar-refractivity contribution < 1.29 is 28.6 Å². The lowest BCUT2D eigenvalue weighted by Gasteiger charge is -2.01. The minimum Gasteiger partial charge on any atom is -1.00 e. The van der Waals surface area contributed by atoms with Gasteiger partial charge in [-0.15, -0.1) is 0 Å². The Labute approximate surface area is 205 Å². The van der Waals surface area contributed by atoms with Crippen molar-refractivity contribution in [3.8, 4) is 0 Å². The van der Waals surface area contributed by atoms with E-state index in [0.717, 1.165) is 13.1 Å². The first-order valence-corrected chi connectivity index (χ1v) is 11.2. The molecule has 158 valence electrons. The molecule has 0 fully saturated rings. The summed E-state index contributed by atoms with van der Waals surface area (Å²) in [4.78, 5) is 0. The van der Waals surface area contributed by atoms with E-state index in [4.69, 9.17) is 0 Å². The highest BCUT2D eigenvalue weighted by molar-refractivity contribution is 6.20. The molecule has 2 heterocycles. The number of halogens is 1. The fourth-order valence-electron chi connectivity index (χ4n) is 5.34. The van der Waals surface area contributed by atoms with Crippen molar-refractivity contribution in [1.82, 2.24) is 4.57 Å². The molecule has 3 heteroatoms. The maximum Gasteiger partial charge on any atom is 0.214 e. The summed E-state index contributed by atoms with van der Waals surface area (Å²) in [6.45, 7) is 6.36. The van der Waals surface area contributed by atoms with Crippen molar-refractivity contribution >= 4 is 49.9 Å². The van der Waals surface area contributed by atoms with Crippen molar-refractivity contribution in [2.24, 2.45) is 0 Å². The quantitative estimate of drug-likeness (QED) is 0.250. The first-order chi connectivity index (χ1) is 15.3. The average molecular weight is 528 g/mol. The zero-order chi connectivity index (χ0) is 20.9. The molecule has 0 bridgehead atoms. The number of benzene rings is 4. The van der Waals surface area contributed by atoms with Crippen LogP contribution in [0.5, 0.6) is 0 Å². The number of nitrogens with zero attached hydrogens (tertiary/aromatic N) is 2. The standard InChI is InChI=1S/C29H25N2.HI/c1-3-30-24(22-14-5-10-20-12-7-18-26(30)28(20)22)16-9-17-25-23-15-6-11-21-13-8-19-27(29(21)23)31(25)4-2;/h5-19H,3-4H2,1-2H3;1H/q+1;/p-1. The predicted octanol–water partition coefficient (Wildman–Crippen LogP) is 3.19. The van der Waals surface area contributed by atoms with Gasteiger partial charge >= 0.3 is 0 Å². The van der Waals surface area contributed by atoms with Gasteiger partial charge in [-0.3, -0.25) is 0 Å². The third-order valence-corrected chi connectivity index (χ3v) is 6.62. The molecule has 0 saturated heterocycles. The van der Waals surface area contributed by atoms with E-state index < -0.39 is 0 Å². The van der Waals surface area contributed by atoms with Gasteiger partial charge < -0.3 is 28.5 Å². The van der Waals surface area contributed by atoms with E-state index in [-0.39, 0.29) is 24.0 Å². The molecule has 4 aromatic carbocycles. The van der Waals surface area contributed by atoms with E-state index in [1.54, 1.807) is 0 Å². The van der Waals surface area contributed by atoms with Crippen LogP contribution in [0.4, 0.5) is 5.69 Å². The molecular formula is C29H25IN2. The van der Waals surface area contributed by atoms with Crippen LogP contribution in [0, 0.1) is 0 Å². The summed E-state index contributed by atoms with van der Waals surface area (Å²) >= 11 is 0. The molecule has 0 unspecified atom stereocenters. The first-order valence-electron chi connectivity index (χ1n) is 11.2. The summed E-state index contributed by atoms with van der Waals surface area (Å²) in [7, 11) is 0. The van der Waals surface area contributed by atoms with E-state index in [0.29, 0.717) is 0 Å². The number of rotatable bonds is 4. The van der Waals surface area contributed by atoms with Gasteiger partial charge in [0.15, 0.2) is 0 Å². The summed E-state index contributed by atoms with van der Waals surface area (Å²) < 4.78 is 4.85. The smallest absolute Gasteiger partial charge is 0.214 e. The lowest BCUT2D eigenvalue weighted by Crippen LogP contribution is -3.00.